The van der Waals surface area contributed by atoms with Gasteiger partial charge in [-0.05, 0) is 48.5 Å². The van der Waals surface area contributed by atoms with Crippen molar-refractivity contribution >= 4 is 34.9 Å². The Hall–Kier alpha value is -2.45. The van der Waals surface area contributed by atoms with E-state index in [2.05, 4.69) is 57.7 Å². The van der Waals surface area contributed by atoms with Crippen molar-refractivity contribution in [1.29, 1.82) is 0 Å². The van der Waals surface area contributed by atoms with Crippen LogP contribution in [-0.2, 0) is 17.8 Å². The molecular formula is C23H32N6OS. The smallest absolute Gasteiger partial charge is 0.232 e. The minimum atomic E-state index is 0.538. The van der Waals surface area contributed by atoms with Gasteiger partial charge < -0.3 is 25.2 Å². The van der Waals surface area contributed by atoms with Crippen molar-refractivity contribution in [3.8, 4) is 0 Å². The van der Waals surface area contributed by atoms with E-state index in [-0.39, 0.29) is 0 Å². The monoisotopic (exact) mass is 440 g/mol. The van der Waals surface area contributed by atoms with Gasteiger partial charge in [0.2, 0.25) is 5.95 Å². The number of thiocarbonyl (C=S) groups is 1. The van der Waals surface area contributed by atoms with E-state index in [1.54, 1.807) is 7.11 Å². The minimum absolute atomic E-state index is 0.538. The van der Waals surface area contributed by atoms with Crippen LogP contribution < -0.4 is 20.4 Å². The number of aromatic nitrogens is 2. The summed E-state index contributed by atoms with van der Waals surface area (Å²) in [6.45, 7) is 7.54. The molecule has 1 saturated heterocycles. The quantitative estimate of drug-likeness (QED) is 0.501. The van der Waals surface area contributed by atoms with E-state index in [0.717, 1.165) is 50.8 Å². The number of hydrogen-bond acceptors (Lipinski definition) is 6. The zero-order valence-electron chi connectivity index (χ0n) is 18.4. The lowest BCUT2D eigenvalue weighted by Gasteiger charge is -2.32. The number of methoxy groups -OCH3 is 1. The van der Waals surface area contributed by atoms with E-state index < -0.39 is 0 Å². The van der Waals surface area contributed by atoms with E-state index >= 15 is 0 Å². The predicted octanol–water partition coefficient (Wildman–Crippen LogP) is 3.56. The van der Waals surface area contributed by atoms with Gasteiger partial charge >= 0.3 is 0 Å². The Bertz CT molecular complexity index is 882. The van der Waals surface area contributed by atoms with Crippen molar-refractivity contribution in [2.45, 2.75) is 39.3 Å². The first kappa shape index (κ1) is 21.8. The number of ether oxygens (including phenoxy) is 1. The van der Waals surface area contributed by atoms with Crippen LogP contribution in [0.5, 0.6) is 0 Å². The first-order valence-electron chi connectivity index (χ1n) is 11.1. The summed E-state index contributed by atoms with van der Waals surface area (Å²) in [6.07, 6.45) is 3.36. The van der Waals surface area contributed by atoms with Crippen LogP contribution in [0.3, 0.4) is 0 Å². The summed E-state index contributed by atoms with van der Waals surface area (Å²) in [4.78, 5) is 14.3. The van der Waals surface area contributed by atoms with Gasteiger partial charge in [-0.15, -0.1) is 0 Å². The van der Waals surface area contributed by atoms with Crippen LogP contribution in [0.15, 0.2) is 30.3 Å². The minimum Gasteiger partial charge on any atom is -0.385 e. The highest BCUT2D eigenvalue weighted by atomic mass is 32.1. The number of hydrogen-bond donors (Lipinski definition) is 2. The Labute approximate surface area is 190 Å². The van der Waals surface area contributed by atoms with Gasteiger partial charge in [0.15, 0.2) is 5.11 Å². The molecule has 3 heterocycles. The number of piperidine rings is 1. The molecule has 0 saturated carbocycles. The molecule has 2 N–H and O–H groups in total. The molecule has 0 spiro atoms. The SMILES string of the molecule is COCCCNC(=S)Nc1nc(N2Cc3ccccc3C2)cc(N2CCC[C@@H](C)C2)n1. The Morgan fingerprint density at radius 2 is 1.87 bits per heavy atom. The number of fused-ring (bicyclic) bond motifs is 1. The number of benzene rings is 1. The van der Waals surface area contributed by atoms with Crippen molar-refractivity contribution in [3.63, 3.8) is 0 Å². The van der Waals surface area contributed by atoms with Crippen LogP contribution in [-0.4, -0.2) is 48.4 Å². The fourth-order valence-corrected chi connectivity index (χ4v) is 4.45. The Kier molecular flexibility index (Phi) is 7.19. The molecule has 0 aliphatic carbocycles. The summed E-state index contributed by atoms with van der Waals surface area (Å²) >= 11 is 5.47. The first-order valence-corrected chi connectivity index (χ1v) is 11.5. The molecule has 1 aromatic heterocycles. The molecule has 1 atom stereocenters. The second-order valence-electron chi connectivity index (χ2n) is 8.45. The van der Waals surface area contributed by atoms with Crippen molar-refractivity contribution in [3.05, 3.63) is 41.5 Å². The lowest BCUT2D eigenvalue weighted by atomic mass is 10.0. The summed E-state index contributed by atoms with van der Waals surface area (Å²) in [5.41, 5.74) is 2.72. The average Bonchev–Trinajstić information content (AvgIpc) is 3.21. The number of rotatable bonds is 7. The van der Waals surface area contributed by atoms with Crippen molar-refractivity contribution in [1.82, 2.24) is 15.3 Å². The number of nitrogens with zero attached hydrogens (tertiary/aromatic N) is 4. The molecule has 4 rings (SSSR count). The standard InChI is InChI=1S/C23H32N6OS/c1-17-7-5-11-28(14-17)20-13-21(29-15-18-8-3-4-9-19(18)16-29)26-22(25-20)27-23(31)24-10-6-12-30-2/h3-4,8-9,13,17H,5-7,10-12,14-16H2,1-2H3,(H2,24,25,26,27,31)/t17-/m1/s1. The summed E-state index contributed by atoms with van der Waals surface area (Å²) in [5.74, 6) is 3.12. The maximum Gasteiger partial charge on any atom is 0.232 e. The van der Waals surface area contributed by atoms with Crippen LogP contribution in [0.25, 0.3) is 0 Å². The third-order valence-corrected chi connectivity index (χ3v) is 6.13. The van der Waals surface area contributed by atoms with Crippen LogP contribution >= 0.6 is 12.2 Å². The fourth-order valence-electron chi connectivity index (χ4n) is 4.26. The highest BCUT2D eigenvalue weighted by Crippen LogP contribution is 2.31. The van der Waals surface area contributed by atoms with Crippen LogP contribution in [0.1, 0.15) is 37.3 Å². The van der Waals surface area contributed by atoms with Gasteiger partial charge in [-0.2, -0.15) is 9.97 Å². The van der Waals surface area contributed by atoms with Crippen LogP contribution in [0.2, 0.25) is 0 Å². The van der Waals surface area contributed by atoms with E-state index in [4.69, 9.17) is 26.9 Å². The van der Waals surface area contributed by atoms with Crippen molar-refractivity contribution in [2.75, 3.05) is 48.5 Å². The van der Waals surface area contributed by atoms with E-state index in [9.17, 15) is 0 Å². The maximum atomic E-state index is 5.47. The molecule has 166 valence electrons. The average molecular weight is 441 g/mol. The molecule has 8 heteroatoms. The molecule has 2 aliphatic rings. The molecule has 0 unspecified atom stereocenters. The molecule has 0 radical (unpaired) electrons. The molecule has 2 aromatic rings. The van der Waals surface area contributed by atoms with Crippen molar-refractivity contribution in [2.24, 2.45) is 5.92 Å². The Morgan fingerprint density at radius 3 is 2.55 bits per heavy atom. The Balaban J connectivity index is 1.53. The van der Waals surface area contributed by atoms with Crippen molar-refractivity contribution < 1.29 is 4.74 Å². The molecule has 1 aromatic carbocycles. The highest BCUT2D eigenvalue weighted by molar-refractivity contribution is 7.80. The predicted molar refractivity (Wildman–Crippen MR) is 130 cm³/mol. The van der Waals surface area contributed by atoms with Crippen LogP contribution in [0.4, 0.5) is 17.6 Å². The summed E-state index contributed by atoms with van der Waals surface area (Å²) in [6, 6.07) is 10.7. The van der Waals surface area contributed by atoms with Gasteiger partial charge in [0.25, 0.3) is 0 Å². The molecule has 31 heavy (non-hydrogen) atoms. The molecular weight excluding hydrogens is 408 g/mol. The van der Waals surface area contributed by atoms with Gasteiger partial charge in [-0.1, -0.05) is 31.2 Å². The number of anilines is 3. The van der Waals surface area contributed by atoms with Gasteiger partial charge in [0.1, 0.15) is 11.6 Å². The molecule has 0 amide bonds. The fraction of sp³-hybridized carbons (Fsp3) is 0.522. The summed E-state index contributed by atoms with van der Waals surface area (Å²) in [7, 11) is 1.70. The normalized spacial score (nSPS) is 18.1. The molecule has 2 aliphatic heterocycles. The second-order valence-corrected chi connectivity index (χ2v) is 8.86. The lowest BCUT2D eigenvalue weighted by Crippen LogP contribution is -2.36. The lowest BCUT2D eigenvalue weighted by molar-refractivity contribution is 0.196. The Morgan fingerprint density at radius 1 is 1.16 bits per heavy atom. The van der Waals surface area contributed by atoms with Gasteiger partial charge in [0.05, 0.1) is 0 Å². The zero-order valence-corrected chi connectivity index (χ0v) is 19.2. The third kappa shape index (κ3) is 5.62. The molecule has 7 nitrogen and oxygen atoms in total. The highest BCUT2D eigenvalue weighted by Gasteiger charge is 2.24. The van der Waals surface area contributed by atoms with Gasteiger partial charge in [0, 0.05) is 52.5 Å². The first-order chi connectivity index (χ1) is 15.1. The van der Waals surface area contributed by atoms with Crippen LogP contribution in [0, 0.1) is 5.92 Å². The molecule has 1 fully saturated rings. The third-order valence-electron chi connectivity index (χ3n) is 5.88. The van der Waals surface area contributed by atoms with E-state index in [1.807, 2.05) is 0 Å². The molecule has 0 bridgehead atoms. The largest absolute Gasteiger partial charge is 0.385 e. The van der Waals surface area contributed by atoms with E-state index in [1.165, 1.54) is 24.0 Å². The summed E-state index contributed by atoms with van der Waals surface area (Å²) in [5, 5.41) is 6.94. The zero-order chi connectivity index (χ0) is 21.6. The van der Waals surface area contributed by atoms with E-state index in [0.29, 0.717) is 23.6 Å². The van der Waals surface area contributed by atoms with Gasteiger partial charge in [-0.25, -0.2) is 0 Å². The second kappa shape index (κ2) is 10.2. The summed E-state index contributed by atoms with van der Waals surface area (Å²) < 4.78 is 5.09. The van der Waals surface area contributed by atoms with Gasteiger partial charge in [-0.3, -0.25) is 0 Å². The number of nitrogens with one attached hydrogen (secondary N) is 2. The maximum absolute atomic E-state index is 5.47. The topological polar surface area (TPSA) is 65.6 Å².